The highest BCUT2D eigenvalue weighted by atomic mass is 28.3. The number of imidazole rings is 1. The van der Waals surface area contributed by atoms with Gasteiger partial charge in [-0.25, -0.2) is 4.98 Å². The molecule has 2 heterocycles. The number of alkyl halides is 3. The minimum atomic E-state index is -4.40. The van der Waals surface area contributed by atoms with Crippen LogP contribution in [0.5, 0.6) is 0 Å². The highest BCUT2D eigenvalue weighted by Crippen LogP contribution is 2.33. The summed E-state index contributed by atoms with van der Waals surface area (Å²) in [6.45, 7) is 11.0. The molecular formula is C27H34F3N3OSi. The molecule has 1 aromatic heterocycles. The van der Waals surface area contributed by atoms with Crippen LogP contribution in [0.3, 0.4) is 0 Å². The number of rotatable bonds is 9. The van der Waals surface area contributed by atoms with Crippen LogP contribution in [-0.2, 0) is 24.2 Å². The summed E-state index contributed by atoms with van der Waals surface area (Å²) in [5.74, 6) is 0.702. The number of hydrogen-bond donors (Lipinski definition) is 0. The Kier molecular flexibility index (Phi) is 7.83. The number of hydrogen-bond acceptors (Lipinski definition) is 3. The summed E-state index contributed by atoms with van der Waals surface area (Å²) in [5.41, 5.74) is 2.41. The highest BCUT2D eigenvalue weighted by Gasteiger charge is 2.30. The van der Waals surface area contributed by atoms with Crippen molar-refractivity contribution in [3.05, 3.63) is 65.9 Å². The molecule has 4 rings (SSSR count). The molecule has 1 saturated heterocycles. The van der Waals surface area contributed by atoms with Crippen molar-refractivity contribution in [3.63, 3.8) is 0 Å². The van der Waals surface area contributed by atoms with Gasteiger partial charge in [0.2, 0.25) is 0 Å². The molecule has 0 radical (unpaired) electrons. The van der Waals surface area contributed by atoms with Gasteiger partial charge in [0.05, 0.1) is 11.3 Å². The monoisotopic (exact) mass is 501 g/mol. The number of likely N-dealkylation sites (tertiary alicyclic amines) is 1. The Balaban J connectivity index is 1.64. The first-order valence-electron chi connectivity index (χ1n) is 12.2. The Hall–Kier alpha value is -2.42. The van der Waals surface area contributed by atoms with Crippen molar-refractivity contribution in [2.45, 2.75) is 58.0 Å². The summed E-state index contributed by atoms with van der Waals surface area (Å²) in [4.78, 5) is 7.23. The molecule has 1 aliphatic heterocycles. The second kappa shape index (κ2) is 10.7. The van der Waals surface area contributed by atoms with Crippen molar-refractivity contribution in [2.24, 2.45) is 0 Å². The van der Waals surface area contributed by atoms with Gasteiger partial charge in [0.1, 0.15) is 12.6 Å². The molecule has 0 bridgehead atoms. The van der Waals surface area contributed by atoms with Gasteiger partial charge < -0.3 is 9.30 Å². The van der Waals surface area contributed by atoms with Crippen molar-refractivity contribution < 1.29 is 17.9 Å². The van der Waals surface area contributed by atoms with Crippen molar-refractivity contribution in [3.8, 4) is 22.6 Å². The average molecular weight is 502 g/mol. The van der Waals surface area contributed by atoms with Crippen LogP contribution in [0.4, 0.5) is 13.2 Å². The van der Waals surface area contributed by atoms with Crippen LogP contribution in [0.25, 0.3) is 22.6 Å². The van der Waals surface area contributed by atoms with Crippen molar-refractivity contribution in [1.29, 1.82) is 0 Å². The Labute approximate surface area is 206 Å². The lowest BCUT2D eigenvalue weighted by Gasteiger charge is -2.17. The van der Waals surface area contributed by atoms with Crippen LogP contribution < -0.4 is 0 Å². The van der Waals surface area contributed by atoms with E-state index in [1.165, 1.54) is 24.5 Å². The number of nitrogens with zero attached hydrogens (tertiary/aromatic N) is 3. The maximum atomic E-state index is 13.3. The van der Waals surface area contributed by atoms with Crippen LogP contribution in [0, 0.1) is 0 Å². The zero-order valence-corrected chi connectivity index (χ0v) is 21.7. The van der Waals surface area contributed by atoms with Gasteiger partial charge in [0.15, 0.2) is 0 Å². The molecule has 0 unspecified atom stereocenters. The minimum Gasteiger partial charge on any atom is -0.361 e. The van der Waals surface area contributed by atoms with Gasteiger partial charge in [-0.15, -0.1) is 0 Å². The van der Waals surface area contributed by atoms with Gasteiger partial charge in [-0.3, -0.25) is 4.90 Å². The normalized spacial score (nSPS) is 15.1. The van der Waals surface area contributed by atoms with E-state index in [0.717, 1.165) is 43.4 Å². The summed E-state index contributed by atoms with van der Waals surface area (Å²) in [7, 11) is -1.23. The Morgan fingerprint density at radius 3 is 2.40 bits per heavy atom. The molecule has 35 heavy (non-hydrogen) atoms. The molecular weight excluding hydrogens is 467 g/mol. The van der Waals surface area contributed by atoms with E-state index in [4.69, 9.17) is 9.72 Å². The Bertz CT molecular complexity index is 1130. The van der Waals surface area contributed by atoms with E-state index in [-0.39, 0.29) is 0 Å². The first-order chi connectivity index (χ1) is 16.6. The Morgan fingerprint density at radius 2 is 1.69 bits per heavy atom. The Morgan fingerprint density at radius 1 is 0.971 bits per heavy atom. The second-order valence-corrected chi connectivity index (χ2v) is 16.2. The lowest BCUT2D eigenvalue weighted by molar-refractivity contribution is -0.137. The molecule has 3 aromatic rings. The predicted molar refractivity (Wildman–Crippen MR) is 137 cm³/mol. The summed E-state index contributed by atoms with van der Waals surface area (Å²) in [6, 6.07) is 14.7. The second-order valence-electron chi connectivity index (χ2n) is 10.5. The third kappa shape index (κ3) is 7.05. The van der Waals surface area contributed by atoms with E-state index < -0.39 is 19.8 Å². The van der Waals surface area contributed by atoms with E-state index in [1.807, 2.05) is 16.7 Å². The fourth-order valence-corrected chi connectivity index (χ4v) is 5.04. The van der Waals surface area contributed by atoms with Crippen molar-refractivity contribution in [1.82, 2.24) is 14.5 Å². The smallest absolute Gasteiger partial charge is 0.361 e. The zero-order valence-electron chi connectivity index (χ0n) is 20.7. The van der Waals surface area contributed by atoms with Crippen LogP contribution in [0.15, 0.2) is 54.7 Å². The van der Waals surface area contributed by atoms with Crippen LogP contribution >= 0.6 is 0 Å². The van der Waals surface area contributed by atoms with Crippen LogP contribution in [0.1, 0.15) is 24.0 Å². The molecule has 4 nitrogen and oxygen atoms in total. The van der Waals surface area contributed by atoms with Gasteiger partial charge in [0.25, 0.3) is 0 Å². The van der Waals surface area contributed by atoms with Crippen molar-refractivity contribution >= 4 is 8.07 Å². The number of benzene rings is 2. The average Bonchev–Trinajstić information content (AvgIpc) is 3.46. The van der Waals surface area contributed by atoms with E-state index in [9.17, 15) is 13.2 Å². The van der Waals surface area contributed by atoms with E-state index in [2.05, 4.69) is 36.7 Å². The van der Waals surface area contributed by atoms with E-state index in [0.29, 0.717) is 30.4 Å². The first-order valence-corrected chi connectivity index (χ1v) is 15.9. The standard InChI is InChI=1S/C27H34F3N3OSi/c1-35(2,3)15-14-34-20-33-19-25(22-9-7-11-24(17-22)27(28,29)30)31-26(33)23-10-6-8-21(16-23)18-32-12-4-5-13-32/h6-11,16-17,19H,4-5,12-15,18,20H2,1-3H3. The highest BCUT2D eigenvalue weighted by molar-refractivity contribution is 6.76. The molecule has 188 valence electrons. The zero-order chi connectivity index (χ0) is 25.1. The van der Waals surface area contributed by atoms with Crippen molar-refractivity contribution in [2.75, 3.05) is 19.7 Å². The molecule has 2 aromatic carbocycles. The largest absolute Gasteiger partial charge is 0.416 e. The quantitative estimate of drug-likeness (QED) is 0.230. The van der Waals surface area contributed by atoms with Gasteiger partial charge >= 0.3 is 6.18 Å². The molecule has 0 amide bonds. The van der Waals surface area contributed by atoms with Crippen LogP contribution in [-0.4, -0.2) is 42.2 Å². The lowest BCUT2D eigenvalue weighted by atomic mass is 10.1. The van der Waals surface area contributed by atoms with E-state index in [1.54, 1.807) is 12.3 Å². The summed E-state index contributed by atoms with van der Waals surface area (Å²) >= 11 is 0. The molecule has 0 N–H and O–H groups in total. The lowest BCUT2D eigenvalue weighted by Crippen LogP contribution is -2.22. The summed E-state index contributed by atoms with van der Waals surface area (Å²) in [6.07, 6.45) is -0.129. The van der Waals surface area contributed by atoms with Gasteiger partial charge in [-0.2, -0.15) is 13.2 Å². The summed E-state index contributed by atoms with van der Waals surface area (Å²) < 4.78 is 47.8. The topological polar surface area (TPSA) is 30.3 Å². The van der Waals surface area contributed by atoms with Crippen LogP contribution in [0.2, 0.25) is 25.7 Å². The SMILES string of the molecule is C[Si](C)(C)CCOCn1cc(-c2cccc(C(F)(F)F)c2)nc1-c1cccc(CN2CCCC2)c1. The molecule has 0 saturated carbocycles. The van der Waals surface area contributed by atoms with Gasteiger partial charge in [-0.05, 0) is 55.7 Å². The maximum Gasteiger partial charge on any atom is 0.416 e. The number of aromatic nitrogens is 2. The molecule has 8 heteroatoms. The third-order valence-corrected chi connectivity index (χ3v) is 7.98. The van der Waals surface area contributed by atoms with Gasteiger partial charge in [0, 0.05) is 38.5 Å². The van der Waals surface area contributed by atoms with E-state index >= 15 is 0 Å². The molecule has 0 aliphatic carbocycles. The first kappa shape index (κ1) is 25.7. The predicted octanol–water partition coefficient (Wildman–Crippen LogP) is 7.14. The number of halogens is 3. The fraction of sp³-hybridized carbons (Fsp3) is 0.444. The molecule has 0 atom stereocenters. The molecule has 0 spiro atoms. The fourth-order valence-electron chi connectivity index (χ4n) is 4.29. The minimum absolute atomic E-state index is 0.308. The third-order valence-electron chi connectivity index (χ3n) is 6.28. The molecule has 1 fully saturated rings. The van der Waals surface area contributed by atoms with Gasteiger partial charge in [-0.1, -0.05) is 50.0 Å². The summed E-state index contributed by atoms with van der Waals surface area (Å²) in [5, 5.41) is 0. The maximum absolute atomic E-state index is 13.3. The molecule has 1 aliphatic rings. The number of ether oxygens (including phenoxy) is 1.